The van der Waals surface area contributed by atoms with Crippen LogP contribution in [-0.4, -0.2) is 41.1 Å². The number of aromatic nitrogens is 1. The molecule has 1 saturated heterocycles. The number of aliphatic imine (C=N–C) groups is 1. The first-order valence-electron chi connectivity index (χ1n) is 7.21. The number of carbonyl (C=O) groups is 1. The summed E-state index contributed by atoms with van der Waals surface area (Å²) in [5.74, 6) is 0.606. The van der Waals surface area contributed by atoms with Crippen LogP contribution in [0.1, 0.15) is 18.5 Å². The number of nitrogens with two attached hydrogens (primary N) is 1. The molecule has 21 heavy (non-hydrogen) atoms. The van der Waals surface area contributed by atoms with Crippen molar-refractivity contribution in [2.45, 2.75) is 25.3 Å². The molecule has 3 heterocycles. The molecule has 110 valence electrons. The quantitative estimate of drug-likeness (QED) is 0.821. The smallest absolute Gasteiger partial charge is 0.240 e. The topological polar surface area (TPSA) is 83.6 Å². The van der Waals surface area contributed by atoms with Gasteiger partial charge in [-0.3, -0.25) is 9.78 Å². The summed E-state index contributed by atoms with van der Waals surface area (Å²) >= 11 is 0. The van der Waals surface area contributed by atoms with Crippen LogP contribution >= 0.6 is 0 Å². The van der Waals surface area contributed by atoms with E-state index in [2.05, 4.69) is 20.2 Å². The van der Waals surface area contributed by atoms with Crippen LogP contribution in [0.3, 0.4) is 0 Å². The van der Waals surface area contributed by atoms with Gasteiger partial charge in [0.05, 0.1) is 12.2 Å². The molecular formula is C15H19N5O. The van der Waals surface area contributed by atoms with Crippen molar-refractivity contribution in [2.24, 2.45) is 10.7 Å². The lowest BCUT2D eigenvalue weighted by atomic mass is 10.2. The van der Waals surface area contributed by atoms with Gasteiger partial charge in [-0.15, -0.1) is 0 Å². The minimum absolute atomic E-state index is 0.195. The minimum Gasteiger partial charge on any atom is -0.368 e. The number of nitrogens with one attached hydrogen (secondary N) is 1. The highest BCUT2D eigenvalue weighted by Crippen LogP contribution is 2.30. The maximum absolute atomic E-state index is 11.4. The fourth-order valence-corrected chi connectivity index (χ4v) is 2.85. The second-order valence-corrected chi connectivity index (χ2v) is 5.21. The Morgan fingerprint density at radius 3 is 3.14 bits per heavy atom. The lowest BCUT2D eigenvalue weighted by Gasteiger charge is -2.28. The molecule has 2 aliphatic heterocycles. The Kier molecular flexibility index (Phi) is 3.85. The van der Waals surface area contributed by atoms with Gasteiger partial charge < -0.3 is 16.0 Å². The number of fused-ring (bicyclic) bond motifs is 1. The third-order valence-corrected chi connectivity index (χ3v) is 3.88. The Bertz CT molecular complexity index is 581. The van der Waals surface area contributed by atoms with Crippen molar-refractivity contribution in [3.63, 3.8) is 0 Å². The number of hydrogen-bond donors (Lipinski definition) is 2. The Morgan fingerprint density at radius 1 is 1.48 bits per heavy atom. The van der Waals surface area contributed by atoms with Crippen LogP contribution in [0.15, 0.2) is 40.9 Å². The molecule has 3 rings (SSSR count). The molecule has 0 spiro atoms. The van der Waals surface area contributed by atoms with Gasteiger partial charge in [0.2, 0.25) is 5.91 Å². The van der Waals surface area contributed by atoms with Crippen molar-refractivity contribution in [1.82, 2.24) is 15.2 Å². The molecule has 0 aliphatic carbocycles. The van der Waals surface area contributed by atoms with Crippen molar-refractivity contribution in [1.29, 1.82) is 0 Å². The third kappa shape index (κ3) is 2.89. The van der Waals surface area contributed by atoms with Crippen molar-refractivity contribution >= 4 is 12.1 Å². The van der Waals surface area contributed by atoms with E-state index in [0.29, 0.717) is 6.54 Å². The van der Waals surface area contributed by atoms with E-state index in [4.69, 9.17) is 5.73 Å². The molecule has 6 nitrogen and oxygen atoms in total. The minimum atomic E-state index is -0.256. The summed E-state index contributed by atoms with van der Waals surface area (Å²) in [6, 6.07) is 5.71. The Labute approximate surface area is 123 Å². The van der Waals surface area contributed by atoms with Crippen LogP contribution in [0.25, 0.3) is 0 Å². The van der Waals surface area contributed by atoms with Crippen molar-refractivity contribution in [2.75, 3.05) is 13.1 Å². The van der Waals surface area contributed by atoms with Crippen LogP contribution in [0.2, 0.25) is 0 Å². The van der Waals surface area contributed by atoms with E-state index < -0.39 is 0 Å². The zero-order chi connectivity index (χ0) is 14.7. The SMILES string of the molecule is NC(=O)C1CCC2=C(NCCc3ccccn3)N=CCN21. The van der Waals surface area contributed by atoms with Gasteiger partial charge in [-0.25, -0.2) is 4.99 Å². The number of nitrogens with zero attached hydrogens (tertiary/aromatic N) is 3. The van der Waals surface area contributed by atoms with Gasteiger partial charge >= 0.3 is 0 Å². The maximum Gasteiger partial charge on any atom is 0.240 e. The Morgan fingerprint density at radius 2 is 2.38 bits per heavy atom. The number of hydrogen-bond acceptors (Lipinski definition) is 5. The average molecular weight is 285 g/mol. The lowest BCUT2D eigenvalue weighted by molar-refractivity contribution is -0.121. The van der Waals surface area contributed by atoms with E-state index in [1.54, 1.807) is 6.20 Å². The van der Waals surface area contributed by atoms with Gasteiger partial charge in [-0.2, -0.15) is 0 Å². The number of rotatable bonds is 5. The second-order valence-electron chi connectivity index (χ2n) is 5.21. The fourth-order valence-electron chi connectivity index (χ4n) is 2.85. The van der Waals surface area contributed by atoms with E-state index in [9.17, 15) is 4.79 Å². The van der Waals surface area contributed by atoms with Crippen LogP contribution in [-0.2, 0) is 11.2 Å². The van der Waals surface area contributed by atoms with Crippen molar-refractivity contribution in [3.05, 3.63) is 41.6 Å². The van der Waals surface area contributed by atoms with Gasteiger partial charge in [-0.05, 0) is 25.0 Å². The molecule has 0 saturated carbocycles. The van der Waals surface area contributed by atoms with Crippen molar-refractivity contribution < 1.29 is 4.79 Å². The molecule has 0 radical (unpaired) electrons. The van der Waals surface area contributed by atoms with Crippen molar-refractivity contribution in [3.8, 4) is 0 Å². The largest absolute Gasteiger partial charge is 0.368 e. The molecule has 1 amide bonds. The molecule has 3 N–H and O–H groups in total. The number of pyridine rings is 1. The molecule has 1 unspecified atom stereocenters. The second kappa shape index (κ2) is 5.95. The number of amides is 1. The number of carbonyl (C=O) groups excluding carboxylic acids is 1. The van der Waals surface area contributed by atoms with Gasteiger partial charge in [0, 0.05) is 31.1 Å². The first-order chi connectivity index (χ1) is 10.3. The van der Waals surface area contributed by atoms with Crippen LogP contribution in [0.5, 0.6) is 0 Å². The summed E-state index contributed by atoms with van der Waals surface area (Å²) < 4.78 is 0. The predicted octanol–water partition coefficient (Wildman–Crippen LogP) is 0.417. The summed E-state index contributed by atoms with van der Waals surface area (Å²) in [6.45, 7) is 1.43. The average Bonchev–Trinajstić information content (AvgIpc) is 2.93. The zero-order valence-corrected chi connectivity index (χ0v) is 11.8. The van der Waals surface area contributed by atoms with E-state index in [1.165, 1.54) is 0 Å². The van der Waals surface area contributed by atoms with Gasteiger partial charge in [0.25, 0.3) is 0 Å². The molecule has 1 aromatic heterocycles. The first-order valence-corrected chi connectivity index (χ1v) is 7.21. The van der Waals surface area contributed by atoms with E-state index >= 15 is 0 Å². The summed E-state index contributed by atoms with van der Waals surface area (Å²) in [5, 5.41) is 3.35. The van der Waals surface area contributed by atoms with Gasteiger partial charge in [0.15, 0.2) is 0 Å². The lowest BCUT2D eigenvalue weighted by Crippen LogP contribution is -2.42. The molecule has 1 fully saturated rings. The van der Waals surface area contributed by atoms with E-state index in [-0.39, 0.29) is 11.9 Å². The third-order valence-electron chi connectivity index (χ3n) is 3.88. The number of primary amides is 1. The van der Waals surface area contributed by atoms with Gasteiger partial charge in [0.1, 0.15) is 11.9 Å². The molecule has 1 aromatic rings. The molecular weight excluding hydrogens is 266 g/mol. The van der Waals surface area contributed by atoms with Gasteiger partial charge in [-0.1, -0.05) is 6.07 Å². The van der Waals surface area contributed by atoms with Crippen LogP contribution in [0.4, 0.5) is 0 Å². The fraction of sp³-hybridized carbons (Fsp3) is 0.400. The normalized spacial score (nSPS) is 20.6. The van der Waals surface area contributed by atoms with Crippen LogP contribution < -0.4 is 11.1 Å². The molecule has 0 bridgehead atoms. The maximum atomic E-state index is 11.4. The summed E-state index contributed by atoms with van der Waals surface area (Å²) in [5.41, 5.74) is 7.60. The molecule has 1 atom stereocenters. The Balaban J connectivity index is 1.63. The zero-order valence-electron chi connectivity index (χ0n) is 11.8. The highest BCUT2D eigenvalue weighted by Gasteiger charge is 2.34. The molecule has 0 aromatic carbocycles. The highest BCUT2D eigenvalue weighted by atomic mass is 16.1. The van der Waals surface area contributed by atoms with Crippen LogP contribution in [0, 0.1) is 0 Å². The molecule has 6 heteroatoms. The first kappa shape index (κ1) is 13.6. The predicted molar refractivity (Wildman–Crippen MR) is 80.4 cm³/mol. The summed E-state index contributed by atoms with van der Waals surface area (Å²) in [7, 11) is 0. The standard InChI is InChI=1S/C15H19N5O/c16-14(21)12-4-5-13-15(19-9-10-20(12)13)18-8-6-11-3-1-2-7-17-11/h1-3,7,9,12,18H,4-6,8,10H2,(H2,16,21). The monoisotopic (exact) mass is 285 g/mol. The summed E-state index contributed by atoms with van der Waals surface area (Å²) in [6.07, 6.45) is 6.09. The molecule has 2 aliphatic rings. The van der Waals surface area contributed by atoms with E-state index in [0.717, 1.165) is 43.0 Å². The highest BCUT2D eigenvalue weighted by molar-refractivity contribution is 5.81. The summed E-state index contributed by atoms with van der Waals surface area (Å²) in [4.78, 5) is 22.2. The number of allylic oxidation sites excluding steroid dienone is 1. The Hall–Kier alpha value is -2.37. The van der Waals surface area contributed by atoms with E-state index in [1.807, 2.05) is 24.4 Å².